The van der Waals surface area contributed by atoms with E-state index in [1.165, 1.54) is 0 Å². The van der Waals surface area contributed by atoms with E-state index in [9.17, 15) is 4.79 Å². The minimum Gasteiger partial charge on any atom is -0.451 e. The first-order chi connectivity index (χ1) is 11.4. The second-order valence-corrected chi connectivity index (χ2v) is 6.58. The summed E-state index contributed by atoms with van der Waals surface area (Å²) in [5.74, 6) is 0.432. The largest absolute Gasteiger partial charge is 0.451 e. The van der Waals surface area contributed by atoms with Gasteiger partial charge < -0.3 is 15.5 Å². The summed E-state index contributed by atoms with van der Waals surface area (Å²) >= 11 is 9.52. The lowest BCUT2D eigenvalue weighted by Crippen LogP contribution is -2.11. The average molecular weight is 406 g/mol. The van der Waals surface area contributed by atoms with Gasteiger partial charge in [-0.3, -0.25) is 4.79 Å². The molecule has 3 rings (SSSR count). The molecule has 0 spiro atoms. The Kier molecular flexibility index (Phi) is 4.64. The molecule has 1 aromatic heterocycles. The number of amides is 1. The molecule has 3 aromatic rings. The SMILES string of the molecule is Cc1cc(-c2ccc(C(=O)Nc3cc(N)ccc3Cl)o2)ccc1Br. The Morgan fingerprint density at radius 3 is 2.71 bits per heavy atom. The van der Waals surface area contributed by atoms with Gasteiger partial charge in [0.05, 0.1) is 10.7 Å². The Morgan fingerprint density at radius 1 is 1.17 bits per heavy atom. The third-order valence-electron chi connectivity index (χ3n) is 3.51. The van der Waals surface area contributed by atoms with E-state index in [1.807, 2.05) is 25.1 Å². The maximum absolute atomic E-state index is 12.3. The van der Waals surface area contributed by atoms with Crippen LogP contribution >= 0.6 is 27.5 Å². The van der Waals surface area contributed by atoms with Gasteiger partial charge in [-0.25, -0.2) is 0 Å². The van der Waals surface area contributed by atoms with Crippen molar-refractivity contribution in [3.8, 4) is 11.3 Å². The van der Waals surface area contributed by atoms with Crippen LogP contribution in [0.2, 0.25) is 5.02 Å². The number of halogens is 2. The fraction of sp³-hybridized carbons (Fsp3) is 0.0556. The van der Waals surface area contributed by atoms with Gasteiger partial charge >= 0.3 is 0 Å². The fourth-order valence-corrected chi connectivity index (χ4v) is 2.65. The van der Waals surface area contributed by atoms with E-state index in [2.05, 4.69) is 21.2 Å². The van der Waals surface area contributed by atoms with Crippen molar-refractivity contribution in [3.63, 3.8) is 0 Å². The second kappa shape index (κ2) is 6.71. The summed E-state index contributed by atoms with van der Waals surface area (Å²) in [7, 11) is 0. The minimum atomic E-state index is -0.386. The van der Waals surface area contributed by atoms with Gasteiger partial charge in [0.2, 0.25) is 0 Å². The first kappa shape index (κ1) is 16.6. The van der Waals surface area contributed by atoms with Crippen molar-refractivity contribution in [2.24, 2.45) is 0 Å². The Bertz CT molecular complexity index is 921. The van der Waals surface area contributed by atoms with Crippen LogP contribution in [-0.4, -0.2) is 5.91 Å². The van der Waals surface area contributed by atoms with Crippen LogP contribution in [0.15, 0.2) is 57.4 Å². The second-order valence-electron chi connectivity index (χ2n) is 5.32. The topological polar surface area (TPSA) is 68.3 Å². The van der Waals surface area contributed by atoms with Crippen molar-refractivity contribution in [3.05, 3.63) is 69.3 Å². The molecule has 4 nitrogen and oxygen atoms in total. The first-order valence-electron chi connectivity index (χ1n) is 7.17. The number of hydrogen-bond acceptors (Lipinski definition) is 3. The summed E-state index contributed by atoms with van der Waals surface area (Å²) < 4.78 is 6.69. The standard InChI is InChI=1S/C18H14BrClN2O2/c1-10-8-11(2-4-13(10)19)16-6-7-17(24-16)18(23)22-15-9-12(21)3-5-14(15)20/h2-9H,21H2,1H3,(H,22,23). The summed E-state index contributed by atoms with van der Waals surface area (Å²) in [4.78, 5) is 12.3. The third-order valence-corrected chi connectivity index (χ3v) is 4.73. The number of hydrogen-bond donors (Lipinski definition) is 2. The lowest BCUT2D eigenvalue weighted by molar-refractivity contribution is 0.0997. The molecule has 0 bridgehead atoms. The number of benzene rings is 2. The molecule has 24 heavy (non-hydrogen) atoms. The zero-order chi connectivity index (χ0) is 17.3. The van der Waals surface area contributed by atoms with E-state index in [-0.39, 0.29) is 11.7 Å². The van der Waals surface area contributed by atoms with Crippen LogP contribution in [0.3, 0.4) is 0 Å². The molecule has 0 unspecified atom stereocenters. The average Bonchev–Trinajstić information content (AvgIpc) is 3.03. The Hall–Kier alpha value is -2.24. The number of anilines is 2. The summed E-state index contributed by atoms with van der Waals surface area (Å²) in [5, 5.41) is 3.11. The maximum Gasteiger partial charge on any atom is 0.291 e. The molecule has 3 N–H and O–H groups in total. The van der Waals surface area contributed by atoms with Crippen molar-refractivity contribution in [1.82, 2.24) is 0 Å². The monoisotopic (exact) mass is 404 g/mol. The van der Waals surface area contributed by atoms with E-state index in [4.69, 9.17) is 21.8 Å². The Labute approximate surface area is 152 Å². The molecule has 0 fully saturated rings. The van der Waals surface area contributed by atoms with Gasteiger partial charge in [-0.1, -0.05) is 33.6 Å². The molecule has 0 aliphatic heterocycles. The number of nitrogen functional groups attached to an aromatic ring is 1. The highest BCUT2D eigenvalue weighted by atomic mass is 79.9. The number of furan rings is 1. The minimum absolute atomic E-state index is 0.198. The summed E-state index contributed by atoms with van der Waals surface area (Å²) in [6, 6.07) is 14.1. The van der Waals surface area contributed by atoms with E-state index in [0.717, 1.165) is 15.6 Å². The molecule has 1 heterocycles. The molecule has 0 aliphatic carbocycles. The molecule has 1 amide bonds. The van der Waals surface area contributed by atoms with Crippen LogP contribution in [0.25, 0.3) is 11.3 Å². The highest BCUT2D eigenvalue weighted by Gasteiger charge is 2.14. The van der Waals surface area contributed by atoms with Crippen molar-refractivity contribution >= 4 is 44.8 Å². The smallest absolute Gasteiger partial charge is 0.291 e. The molecule has 6 heteroatoms. The van der Waals surface area contributed by atoms with Crippen LogP contribution in [0.5, 0.6) is 0 Å². The molecule has 0 atom stereocenters. The Balaban J connectivity index is 1.83. The van der Waals surface area contributed by atoms with Gasteiger partial charge in [0.15, 0.2) is 5.76 Å². The number of nitrogens with one attached hydrogen (secondary N) is 1. The van der Waals surface area contributed by atoms with Gasteiger partial charge in [0.25, 0.3) is 5.91 Å². The first-order valence-corrected chi connectivity index (χ1v) is 8.34. The van der Waals surface area contributed by atoms with Crippen LogP contribution in [0.4, 0.5) is 11.4 Å². The fourth-order valence-electron chi connectivity index (χ4n) is 2.24. The van der Waals surface area contributed by atoms with Gasteiger partial charge in [-0.05, 0) is 55.0 Å². The van der Waals surface area contributed by atoms with E-state index < -0.39 is 0 Å². The third kappa shape index (κ3) is 3.47. The number of aryl methyl sites for hydroxylation is 1. The molecular weight excluding hydrogens is 392 g/mol. The van der Waals surface area contributed by atoms with Crippen LogP contribution in [0.1, 0.15) is 16.1 Å². The molecule has 122 valence electrons. The Morgan fingerprint density at radius 2 is 1.96 bits per heavy atom. The van der Waals surface area contributed by atoms with Crippen LogP contribution in [0, 0.1) is 6.92 Å². The van der Waals surface area contributed by atoms with Crippen molar-refractivity contribution in [2.45, 2.75) is 6.92 Å². The quantitative estimate of drug-likeness (QED) is 0.565. The predicted molar refractivity (Wildman–Crippen MR) is 100 cm³/mol. The molecule has 0 radical (unpaired) electrons. The number of nitrogens with two attached hydrogens (primary N) is 1. The highest BCUT2D eigenvalue weighted by Crippen LogP contribution is 2.28. The van der Waals surface area contributed by atoms with E-state index in [0.29, 0.717) is 22.2 Å². The molecule has 0 aliphatic rings. The lowest BCUT2D eigenvalue weighted by Gasteiger charge is -2.06. The van der Waals surface area contributed by atoms with Gasteiger partial charge in [-0.15, -0.1) is 0 Å². The van der Waals surface area contributed by atoms with Crippen LogP contribution < -0.4 is 11.1 Å². The summed E-state index contributed by atoms with van der Waals surface area (Å²) in [6.45, 7) is 1.99. The number of rotatable bonds is 3. The van der Waals surface area contributed by atoms with Crippen molar-refractivity contribution in [1.29, 1.82) is 0 Å². The maximum atomic E-state index is 12.3. The molecule has 0 saturated carbocycles. The van der Waals surface area contributed by atoms with Crippen molar-refractivity contribution < 1.29 is 9.21 Å². The van der Waals surface area contributed by atoms with E-state index in [1.54, 1.807) is 30.3 Å². The normalized spacial score (nSPS) is 10.6. The highest BCUT2D eigenvalue weighted by molar-refractivity contribution is 9.10. The molecule has 2 aromatic carbocycles. The van der Waals surface area contributed by atoms with Gasteiger partial charge in [0.1, 0.15) is 5.76 Å². The zero-order valence-electron chi connectivity index (χ0n) is 12.8. The molecule has 0 saturated heterocycles. The molecular formula is C18H14BrClN2O2. The van der Waals surface area contributed by atoms with Gasteiger partial charge in [0, 0.05) is 15.7 Å². The summed E-state index contributed by atoms with van der Waals surface area (Å²) in [5.41, 5.74) is 8.65. The lowest BCUT2D eigenvalue weighted by atomic mass is 10.1. The van der Waals surface area contributed by atoms with E-state index >= 15 is 0 Å². The summed E-state index contributed by atoms with van der Waals surface area (Å²) in [6.07, 6.45) is 0. The predicted octanol–water partition coefficient (Wildman–Crippen LogP) is 5.51. The number of carbonyl (C=O) groups is 1. The number of carbonyl (C=O) groups excluding carboxylic acids is 1. The zero-order valence-corrected chi connectivity index (χ0v) is 15.1. The van der Waals surface area contributed by atoms with Crippen molar-refractivity contribution in [2.75, 3.05) is 11.1 Å². The van der Waals surface area contributed by atoms with Gasteiger partial charge in [-0.2, -0.15) is 0 Å². The van der Waals surface area contributed by atoms with Crippen LogP contribution in [-0.2, 0) is 0 Å².